The average molecular weight is 397 g/mol. The number of hydrogen-bond donors (Lipinski definition) is 0. The highest BCUT2D eigenvalue weighted by Gasteiger charge is 2.33. The van der Waals surface area contributed by atoms with Crippen LogP contribution in [0.3, 0.4) is 0 Å². The van der Waals surface area contributed by atoms with Crippen LogP contribution in [0.2, 0.25) is 0 Å². The van der Waals surface area contributed by atoms with Gasteiger partial charge in [-0.1, -0.05) is 18.2 Å². The zero-order valence-corrected chi connectivity index (χ0v) is 17.2. The van der Waals surface area contributed by atoms with Crippen molar-refractivity contribution in [2.45, 2.75) is 40.0 Å². The first-order chi connectivity index (χ1) is 13.9. The van der Waals surface area contributed by atoms with Gasteiger partial charge < -0.3 is 9.64 Å². The highest BCUT2D eigenvalue weighted by atomic mass is 16.5. The van der Waals surface area contributed by atoms with Gasteiger partial charge in [-0.15, -0.1) is 0 Å². The molecule has 2 aromatic rings. The van der Waals surface area contributed by atoms with Crippen LogP contribution in [0.1, 0.15) is 47.9 Å². The third-order valence-electron chi connectivity index (χ3n) is 5.07. The smallest absolute Gasteiger partial charge is 0.307 e. The summed E-state index contributed by atoms with van der Waals surface area (Å²) in [4.78, 5) is 39.3. The van der Waals surface area contributed by atoms with E-state index in [4.69, 9.17) is 4.74 Å². The number of ketones is 1. The van der Waals surface area contributed by atoms with Gasteiger partial charge in [-0.25, -0.2) is 4.68 Å². The van der Waals surface area contributed by atoms with Gasteiger partial charge in [-0.2, -0.15) is 5.10 Å². The second-order valence-corrected chi connectivity index (χ2v) is 7.37. The summed E-state index contributed by atoms with van der Waals surface area (Å²) in [6, 6.07) is 9.49. The van der Waals surface area contributed by atoms with Crippen molar-refractivity contribution in [3.63, 3.8) is 0 Å². The van der Waals surface area contributed by atoms with Gasteiger partial charge in [-0.3, -0.25) is 14.4 Å². The van der Waals surface area contributed by atoms with Gasteiger partial charge in [0.05, 0.1) is 35.7 Å². The predicted octanol–water partition coefficient (Wildman–Crippen LogP) is 2.86. The van der Waals surface area contributed by atoms with Crippen molar-refractivity contribution >= 4 is 17.7 Å². The summed E-state index contributed by atoms with van der Waals surface area (Å²) in [5.74, 6) is -1.12. The second kappa shape index (κ2) is 9.03. The molecule has 154 valence electrons. The molecular formula is C22H27N3O4. The van der Waals surface area contributed by atoms with E-state index in [9.17, 15) is 14.4 Å². The lowest BCUT2D eigenvalue weighted by molar-refractivity contribution is -0.143. The van der Waals surface area contributed by atoms with Gasteiger partial charge in [0.1, 0.15) is 0 Å². The number of esters is 1. The Morgan fingerprint density at radius 2 is 1.86 bits per heavy atom. The zero-order valence-electron chi connectivity index (χ0n) is 17.2. The van der Waals surface area contributed by atoms with E-state index in [1.54, 1.807) is 25.5 Å². The summed E-state index contributed by atoms with van der Waals surface area (Å²) in [7, 11) is 0. The van der Waals surface area contributed by atoms with E-state index >= 15 is 0 Å². The molecule has 1 aliphatic carbocycles. The number of carbonyl (C=O) groups is 3. The number of benzene rings is 1. The van der Waals surface area contributed by atoms with Crippen LogP contribution < -0.4 is 0 Å². The molecule has 0 spiro atoms. The lowest BCUT2D eigenvalue weighted by atomic mass is 10.1. The van der Waals surface area contributed by atoms with E-state index in [-0.39, 0.29) is 18.9 Å². The van der Waals surface area contributed by atoms with E-state index in [2.05, 4.69) is 5.10 Å². The molecule has 1 aromatic carbocycles. The summed E-state index contributed by atoms with van der Waals surface area (Å²) in [6.07, 6.45) is 2.17. The van der Waals surface area contributed by atoms with Crippen molar-refractivity contribution in [2.75, 3.05) is 19.7 Å². The first kappa shape index (κ1) is 20.8. The minimum Gasteiger partial charge on any atom is -0.466 e. The molecule has 7 nitrogen and oxygen atoms in total. The minimum absolute atomic E-state index is 0.0841. The molecule has 1 aromatic heterocycles. The fourth-order valence-electron chi connectivity index (χ4n) is 3.39. The van der Waals surface area contributed by atoms with Gasteiger partial charge >= 0.3 is 5.97 Å². The SMILES string of the molecule is CCOC(=O)CCN(CC1CC1)C(=O)C(=O)c1c(C)nn(-c2ccccc2)c1C. The fraction of sp³-hybridized carbons (Fsp3) is 0.455. The number of nitrogens with zero attached hydrogens (tertiary/aromatic N) is 3. The largest absolute Gasteiger partial charge is 0.466 e. The molecule has 0 saturated heterocycles. The van der Waals surface area contributed by atoms with Gasteiger partial charge in [0.15, 0.2) is 0 Å². The maximum atomic E-state index is 13.1. The van der Waals surface area contributed by atoms with Crippen LogP contribution >= 0.6 is 0 Å². The van der Waals surface area contributed by atoms with Crippen LogP contribution in [0.15, 0.2) is 30.3 Å². The average Bonchev–Trinajstić information content (AvgIpc) is 3.48. The van der Waals surface area contributed by atoms with E-state index in [1.807, 2.05) is 30.3 Å². The van der Waals surface area contributed by atoms with Gasteiger partial charge in [0, 0.05) is 13.1 Å². The maximum absolute atomic E-state index is 13.1. The van der Waals surface area contributed by atoms with Gasteiger partial charge in [-0.05, 0) is 51.7 Å². The Kier molecular flexibility index (Phi) is 6.46. The van der Waals surface area contributed by atoms with Crippen LogP contribution in [-0.4, -0.2) is 52.0 Å². The van der Waals surface area contributed by atoms with Crippen molar-refractivity contribution in [3.8, 4) is 5.69 Å². The van der Waals surface area contributed by atoms with Crippen molar-refractivity contribution in [1.82, 2.24) is 14.7 Å². The van der Waals surface area contributed by atoms with Crippen LogP contribution in [0.4, 0.5) is 0 Å². The van der Waals surface area contributed by atoms with Crippen molar-refractivity contribution in [2.24, 2.45) is 5.92 Å². The Labute approximate surface area is 170 Å². The van der Waals surface area contributed by atoms with Crippen molar-refractivity contribution in [3.05, 3.63) is 47.3 Å². The molecule has 1 heterocycles. The van der Waals surface area contributed by atoms with E-state index in [0.29, 0.717) is 36.0 Å². The molecule has 0 bridgehead atoms. The number of ether oxygens (including phenoxy) is 1. The van der Waals surface area contributed by atoms with E-state index in [0.717, 1.165) is 18.5 Å². The molecule has 0 radical (unpaired) electrons. The molecule has 1 aliphatic rings. The summed E-state index contributed by atoms with van der Waals surface area (Å²) in [5.41, 5.74) is 2.30. The Hall–Kier alpha value is -2.96. The summed E-state index contributed by atoms with van der Waals surface area (Å²) >= 11 is 0. The quantitative estimate of drug-likeness (QED) is 0.369. The van der Waals surface area contributed by atoms with Crippen LogP contribution in [0, 0.1) is 19.8 Å². The number of aromatic nitrogens is 2. The normalized spacial score (nSPS) is 13.2. The number of para-hydroxylation sites is 1. The Bertz CT molecular complexity index is 900. The second-order valence-electron chi connectivity index (χ2n) is 7.37. The third-order valence-corrected chi connectivity index (χ3v) is 5.07. The van der Waals surface area contributed by atoms with Crippen molar-refractivity contribution < 1.29 is 19.1 Å². The van der Waals surface area contributed by atoms with Gasteiger partial charge in [0.25, 0.3) is 11.7 Å². The summed E-state index contributed by atoms with van der Waals surface area (Å²) in [5, 5.41) is 4.47. The number of aryl methyl sites for hydroxylation is 1. The number of Topliss-reactive ketones (excluding diaryl/α,β-unsaturated/α-hetero) is 1. The lowest BCUT2D eigenvalue weighted by Crippen LogP contribution is -2.40. The van der Waals surface area contributed by atoms with Crippen LogP contribution in [0.5, 0.6) is 0 Å². The highest BCUT2D eigenvalue weighted by Crippen LogP contribution is 2.30. The molecular weight excluding hydrogens is 370 g/mol. The first-order valence-corrected chi connectivity index (χ1v) is 10.0. The van der Waals surface area contributed by atoms with Gasteiger partial charge in [0.2, 0.25) is 0 Å². The first-order valence-electron chi connectivity index (χ1n) is 10.0. The number of amides is 1. The molecule has 29 heavy (non-hydrogen) atoms. The molecule has 0 aliphatic heterocycles. The van der Waals surface area contributed by atoms with Crippen molar-refractivity contribution in [1.29, 1.82) is 0 Å². The number of carbonyl (C=O) groups excluding carboxylic acids is 3. The number of hydrogen-bond acceptors (Lipinski definition) is 5. The van der Waals surface area contributed by atoms with E-state index < -0.39 is 11.7 Å². The minimum atomic E-state index is -0.583. The summed E-state index contributed by atoms with van der Waals surface area (Å²) < 4.78 is 6.63. The lowest BCUT2D eigenvalue weighted by Gasteiger charge is -2.21. The molecule has 1 saturated carbocycles. The molecule has 0 atom stereocenters. The van der Waals surface area contributed by atoms with Crippen LogP contribution in [0.25, 0.3) is 5.69 Å². The van der Waals surface area contributed by atoms with E-state index in [1.165, 1.54) is 4.90 Å². The van der Waals surface area contributed by atoms with Crippen LogP contribution in [-0.2, 0) is 14.3 Å². The predicted molar refractivity (Wildman–Crippen MR) is 108 cm³/mol. The Morgan fingerprint density at radius 1 is 1.17 bits per heavy atom. The zero-order chi connectivity index (χ0) is 21.0. The molecule has 1 amide bonds. The fourth-order valence-corrected chi connectivity index (χ4v) is 3.39. The Balaban J connectivity index is 1.80. The Morgan fingerprint density at radius 3 is 2.48 bits per heavy atom. The molecule has 3 rings (SSSR count). The number of rotatable bonds is 9. The molecule has 0 unspecified atom stereocenters. The molecule has 0 N–H and O–H groups in total. The topological polar surface area (TPSA) is 81.5 Å². The summed E-state index contributed by atoms with van der Waals surface area (Å²) in [6.45, 7) is 6.24. The highest BCUT2D eigenvalue weighted by molar-refractivity contribution is 6.43. The third kappa shape index (κ3) is 4.91. The monoisotopic (exact) mass is 397 g/mol. The molecule has 7 heteroatoms. The standard InChI is InChI=1S/C22H27N3O4/c1-4-29-19(26)12-13-24(14-17-10-11-17)22(28)21(27)20-15(2)23-25(16(20)3)18-8-6-5-7-9-18/h5-9,17H,4,10-14H2,1-3H3. The molecule has 1 fully saturated rings. The maximum Gasteiger partial charge on any atom is 0.307 e.